The van der Waals surface area contributed by atoms with Crippen LogP contribution in [-0.4, -0.2) is 23.2 Å². The molecule has 5 heteroatoms. The first-order chi connectivity index (χ1) is 7.27. The maximum absolute atomic E-state index is 11.1. The first-order valence-electron chi connectivity index (χ1n) is 4.85. The van der Waals surface area contributed by atoms with Gasteiger partial charge in [-0.3, -0.25) is 0 Å². The second kappa shape index (κ2) is 4.00. The lowest BCUT2D eigenvalue weighted by atomic mass is 9.85. The predicted molar refractivity (Wildman–Crippen MR) is 60.9 cm³/mol. The van der Waals surface area contributed by atoms with Crippen LogP contribution in [0.1, 0.15) is 36.8 Å². The van der Waals surface area contributed by atoms with Crippen molar-refractivity contribution in [1.82, 2.24) is 4.98 Å². The molecule has 0 aliphatic heterocycles. The van der Waals surface area contributed by atoms with Crippen LogP contribution in [0, 0.1) is 0 Å². The fourth-order valence-corrected chi connectivity index (χ4v) is 1.41. The average molecular weight is 224 g/mol. The number of ether oxygens (including phenoxy) is 1. The Morgan fingerprint density at radius 2 is 2.06 bits per heavy atom. The smallest absolute Gasteiger partial charge is 0.354 e. The zero-order valence-electron chi connectivity index (χ0n) is 9.87. The lowest BCUT2D eigenvalue weighted by molar-refractivity contribution is 0.0686. The molecule has 0 aliphatic rings. The van der Waals surface area contributed by atoms with Crippen molar-refractivity contribution in [1.29, 1.82) is 0 Å². The Morgan fingerprint density at radius 1 is 1.50 bits per heavy atom. The minimum Gasteiger partial charge on any atom is -0.480 e. The highest BCUT2D eigenvalue weighted by molar-refractivity contribution is 5.88. The molecule has 0 aliphatic carbocycles. The number of aromatic carboxylic acids is 1. The van der Waals surface area contributed by atoms with Gasteiger partial charge < -0.3 is 15.6 Å². The molecule has 0 amide bonds. The molecule has 0 saturated heterocycles. The number of rotatable bonds is 2. The number of nitrogen functional groups attached to an aromatic ring is 1. The molecular weight excluding hydrogens is 208 g/mol. The number of nitrogens with two attached hydrogens (primary N) is 1. The molecule has 0 bridgehead atoms. The number of carbonyl (C=O) groups is 1. The van der Waals surface area contributed by atoms with Crippen LogP contribution in [0.15, 0.2) is 6.07 Å². The van der Waals surface area contributed by atoms with Crippen molar-refractivity contribution in [2.45, 2.75) is 26.2 Å². The number of pyridine rings is 1. The maximum atomic E-state index is 11.1. The molecule has 3 N–H and O–H groups in total. The Hall–Kier alpha value is -1.78. The van der Waals surface area contributed by atoms with Crippen LogP contribution in [-0.2, 0) is 5.41 Å². The van der Waals surface area contributed by atoms with Crippen molar-refractivity contribution in [3.63, 3.8) is 0 Å². The monoisotopic (exact) mass is 224 g/mol. The van der Waals surface area contributed by atoms with Crippen molar-refractivity contribution >= 4 is 11.7 Å². The molecule has 1 aromatic rings. The van der Waals surface area contributed by atoms with Crippen LogP contribution in [0.5, 0.6) is 5.88 Å². The molecule has 0 saturated carbocycles. The first-order valence-corrected chi connectivity index (χ1v) is 4.85. The third-order valence-corrected chi connectivity index (χ3v) is 2.22. The normalized spacial score (nSPS) is 11.2. The molecule has 0 radical (unpaired) electrons. The number of carboxylic acids is 1. The Kier molecular flexibility index (Phi) is 3.07. The van der Waals surface area contributed by atoms with Gasteiger partial charge in [0.25, 0.3) is 0 Å². The molecule has 0 spiro atoms. The van der Waals surface area contributed by atoms with Crippen molar-refractivity contribution in [3.05, 3.63) is 17.3 Å². The molecule has 0 atom stereocenters. The van der Waals surface area contributed by atoms with Crippen LogP contribution in [0.25, 0.3) is 0 Å². The van der Waals surface area contributed by atoms with Gasteiger partial charge in [-0.15, -0.1) is 0 Å². The SMILES string of the molecule is COc1nc(C(=O)O)c(C(C)(C)C)cc1N. The zero-order valence-corrected chi connectivity index (χ0v) is 9.87. The molecule has 0 fully saturated rings. The standard InChI is InChI=1S/C11H16N2O3/c1-11(2,3)6-5-7(12)9(16-4)13-8(6)10(14)15/h5H,12H2,1-4H3,(H,14,15). The minimum absolute atomic E-state index is 0.0152. The van der Waals surface area contributed by atoms with Gasteiger partial charge in [0.15, 0.2) is 5.69 Å². The molecule has 88 valence electrons. The molecule has 1 aromatic heterocycles. The Bertz CT molecular complexity index is 422. The van der Waals surface area contributed by atoms with Crippen LogP contribution >= 0.6 is 0 Å². The quantitative estimate of drug-likeness (QED) is 0.798. The summed E-state index contributed by atoms with van der Waals surface area (Å²) < 4.78 is 4.90. The van der Waals surface area contributed by atoms with Crippen LogP contribution in [0.2, 0.25) is 0 Å². The zero-order chi connectivity index (χ0) is 12.5. The number of carboxylic acid groups (broad SMARTS) is 1. The third-order valence-electron chi connectivity index (χ3n) is 2.22. The van der Waals surface area contributed by atoms with Gasteiger partial charge in [0.2, 0.25) is 5.88 Å². The summed E-state index contributed by atoms with van der Waals surface area (Å²) in [6.45, 7) is 5.72. The van der Waals surface area contributed by atoms with E-state index in [1.807, 2.05) is 20.8 Å². The number of hydrogen-bond acceptors (Lipinski definition) is 4. The van der Waals surface area contributed by atoms with Gasteiger partial charge in [-0.2, -0.15) is 0 Å². The topological polar surface area (TPSA) is 85.4 Å². The van der Waals surface area contributed by atoms with Gasteiger partial charge in [0.05, 0.1) is 12.8 Å². The minimum atomic E-state index is -1.08. The Morgan fingerprint density at radius 3 is 2.44 bits per heavy atom. The van der Waals surface area contributed by atoms with Crippen molar-refractivity contribution < 1.29 is 14.6 Å². The number of hydrogen-bond donors (Lipinski definition) is 2. The number of anilines is 1. The predicted octanol–water partition coefficient (Wildman–Crippen LogP) is 1.67. The van der Waals surface area contributed by atoms with Crippen LogP contribution < -0.4 is 10.5 Å². The van der Waals surface area contributed by atoms with Gasteiger partial charge in [-0.05, 0) is 17.0 Å². The first kappa shape index (κ1) is 12.3. The summed E-state index contributed by atoms with van der Waals surface area (Å²) in [7, 11) is 1.40. The van der Waals surface area contributed by atoms with Crippen LogP contribution in [0.3, 0.4) is 0 Å². The van der Waals surface area contributed by atoms with Gasteiger partial charge in [-0.25, -0.2) is 9.78 Å². The highest BCUT2D eigenvalue weighted by Gasteiger charge is 2.25. The summed E-state index contributed by atoms with van der Waals surface area (Å²) in [6, 6.07) is 1.61. The van der Waals surface area contributed by atoms with Crippen molar-refractivity contribution in [2.24, 2.45) is 0 Å². The lowest BCUT2D eigenvalue weighted by Crippen LogP contribution is -2.19. The number of nitrogens with zero attached hydrogens (tertiary/aromatic N) is 1. The molecule has 5 nitrogen and oxygen atoms in total. The second-order valence-electron chi connectivity index (χ2n) is 4.54. The van der Waals surface area contributed by atoms with Crippen molar-refractivity contribution in [2.75, 3.05) is 12.8 Å². The van der Waals surface area contributed by atoms with Crippen LogP contribution in [0.4, 0.5) is 5.69 Å². The summed E-state index contributed by atoms with van der Waals surface area (Å²) in [6.07, 6.45) is 0. The van der Waals surface area contributed by atoms with E-state index in [0.29, 0.717) is 11.3 Å². The summed E-state index contributed by atoms with van der Waals surface area (Å²) in [5.41, 5.74) is 6.31. The third kappa shape index (κ3) is 2.24. The molecule has 1 rings (SSSR count). The average Bonchev–Trinajstić information content (AvgIpc) is 2.15. The molecular formula is C11H16N2O3. The second-order valence-corrected chi connectivity index (χ2v) is 4.54. The van der Waals surface area contributed by atoms with E-state index in [2.05, 4.69) is 4.98 Å². The Labute approximate surface area is 94.2 Å². The summed E-state index contributed by atoms with van der Waals surface area (Å²) in [5.74, 6) is -0.936. The summed E-state index contributed by atoms with van der Waals surface area (Å²) in [5, 5.41) is 9.08. The molecule has 0 unspecified atom stereocenters. The number of aromatic nitrogens is 1. The van der Waals surface area contributed by atoms with E-state index in [-0.39, 0.29) is 17.0 Å². The Balaban J connectivity index is 3.49. The highest BCUT2D eigenvalue weighted by atomic mass is 16.5. The van der Waals surface area contributed by atoms with E-state index in [4.69, 9.17) is 15.6 Å². The van der Waals surface area contributed by atoms with Gasteiger partial charge in [0.1, 0.15) is 0 Å². The molecule has 0 aromatic carbocycles. The van der Waals surface area contributed by atoms with Gasteiger partial charge in [-0.1, -0.05) is 20.8 Å². The van der Waals surface area contributed by atoms with Gasteiger partial charge >= 0.3 is 5.97 Å². The van der Waals surface area contributed by atoms with E-state index in [1.165, 1.54) is 7.11 Å². The fraction of sp³-hybridized carbons (Fsp3) is 0.455. The summed E-state index contributed by atoms with van der Waals surface area (Å²) in [4.78, 5) is 15.0. The van der Waals surface area contributed by atoms with E-state index in [0.717, 1.165) is 0 Å². The summed E-state index contributed by atoms with van der Waals surface area (Å²) >= 11 is 0. The van der Waals surface area contributed by atoms with E-state index >= 15 is 0 Å². The lowest BCUT2D eigenvalue weighted by Gasteiger charge is -2.21. The van der Waals surface area contributed by atoms with Crippen molar-refractivity contribution in [3.8, 4) is 5.88 Å². The number of methoxy groups -OCH3 is 1. The van der Waals surface area contributed by atoms with E-state index in [9.17, 15) is 4.79 Å². The fourth-order valence-electron chi connectivity index (χ4n) is 1.41. The largest absolute Gasteiger partial charge is 0.480 e. The van der Waals surface area contributed by atoms with Gasteiger partial charge in [0, 0.05) is 0 Å². The molecule has 16 heavy (non-hydrogen) atoms. The maximum Gasteiger partial charge on any atom is 0.354 e. The van der Waals surface area contributed by atoms with E-state index < -0.39 is 5.97 Å². The van der Waals surface area contributed by atoms with E-state index in [1.54, 1.807) is 6.07 Å². The highest BCUT2D eigenvalue weighted by Crippen LogP contribution is 2.30. The molecule has 1 heterocycles.